The molecule has 0 heterocycles. The van der Waals surface area contributed by atoms with Gasteiger partial charge in [-0.15, -0.1) is 0 Å². The molecule has 1 rings (SSSR count). The third-order valence-electron chi connectivity index (χ3n) is 2.52. The summed E-state index contributed by atoms with van der Waals surface area (Å²) in [6.45, 7) is 4.27. The lowest BCUT2D eigenvalue weighted by molar-refractivity contribution is -0.140. The fourth-order valence-electron chi connectivity index (χ4n) is 1.60. The van der Waals surface area contributed by atoms with Crippen LogP contribution in [0.3, 0.4) is 0 Å². The van der Waals surface area contributed by atoms with Crippen LogP contribution >= 0.6 is 0 Å². The van der Waals surface area contributed by atoms with E-state index in [1.54, 1.807) is 12.1 Å². The maximum Gasteiger partial charge on any atom is 0.305 e. The van der Waals surface area contributed by atoms with Crippen molar-refractivity contribution in [1.82, 2.24) is 0 Å². The lowest BCUT2D eigenvalue weighted by Gasteiger charge is -2.10. The van der Waals surface area contributed by atoms with E-state index in [1.165, 1.54) is 7.11 Å². The first-order valence-corrected chi connectivity index (χ1v) is 5.92. The van der Waals surface area contributed by atoms with E-state index in [1.807, 2.05) is 19.9 Å². The molecule has 0 aliphatic rings. The van der Waals surface area contributed by atoms with E-state index in [4.69, 9.17) is 4.74 Å². The molecule has 98 valence electrons. The Kier molecular flexibility index (Phi) is 5.36. The average molecular weight is 250 g/mol. The molecule has 0 atom stereocenters. The maximum absolute atomic E-state index is 12.0. The highest BCUT2D eigenvalue weighted by Crippen LogP contribution is 2.22. The molecule has 0 bridgehead atoms. The molecule has 1 aromatic carbocycles. The first kappa shape index (κ1) is 14.2. The number of Topliss-reactive ketones (excluding diaryl/α,β-unsaturated/α-hetero) is 1. The van der Waals surface area contributed by atoms with Gasteiger partial charge in [0.2, 0.25) is 0 Å². The quantitative estimate of drug-likeness (QED) is 0.575. The van der Waals surface area contributed by atoms with Crippen molar-refractivity contribution >= 4 is 11.8 Å². The molecule has 0 N–H and O–H groups in total. The molecule has 0 saturated heterocycles. The fraction of sp³-hybridized carbons (Fsp3) is 0.429. The van der Waals surface area contributed by atoms with Gasteiger partial charge in [0.1, 0.15) is 5.75 Å². The number of methoxy groups -OCH3 is 1. The number of ether oxygens (including phenoxy) is 2. The Morgan fingerprint density at radius 2 is 1.94 bits per heavy atom. The van der Waals surface area contributed by atoms with Gasteiger partial charge in [-0.3, -0.25) is 9.59 Å². The van der Waals surface area contributed by atoms with Crippen molar-refractivity contribution in [2.75, 3.05) is 13.7 Å². The Morgan fingerprint density at radius 1 is 1.22 bits per heavy atom. The smallest absolute Gasteiger partial charge is 0.305 e. The van der Waals surface area contributed by atoms with E-state index in [-0.39, 0.29) is 24.6 Å². The fourth-order valence-corrected chi connectivity index (χ4v) is 1.60. The van der Waals surface area contributed by atoms with Crippen LogP contribution in [0.15, 0.2) is 18.2 Å². The normalized spacial score (nSPS) is 9.94. The highest BCUT2D eigenvalue weighted by atomic mass is 16.5. The summed E-state index contributed by atoms with van der Waals surface area (Å²) >= 11 is 0. The molecule has 0 radical (unpaired) electrons. The number of carbonyl (C=O) groups excluding carboxylic acids is 2. The number of hydrogen-bond donors (Lipinski definition) is 0. The van der Waals surface area contributed by atoms with Crippen LogP contribution in [0.1, 0.15) is 35.7 Å². The standard InChI is InChI=1S/C14H18O4/c1-4-18-13-7-5-10(2)9-11(13)12(15)6-8-14(16)17-3/h5,7,9H,4,6,8H2,1-3H3. The van der Waals surface area contributed by atoms with Gasteiger partial charge in [0, 0.05) is 6.42 Å². The van der Waals surface area contributed by atoms with Crippen LogP contribution in [-0.2, 0) is 9.53 Å². The second kappa shape index (κ2) is 6.79. The van der Waals surface area contributed by atoms with Crippen molar-refractivity contribution < 1.29 is 19.1 Å². The minimum Gasteiger partial charge on any atom is -0.493 e. The maximum atomic E-state index is 12.0. The van der Waals surface area contributed by atoms with Gasteiger partial charge in [-0.1, -0.05) is 11.6 Å². The second-order valence-corrected chi connectivity index (χ2v) is 3.93. The van der Waals surface area contributed by atoms with Crippen molar-refractivity contribution in [2.45, 2.75) is 26.7 Å². The number of aryl methyl sites for hydroxylation is 1. The molecule has 0 aromatic heterocycles. The van der Waals surface area contributed by atoms with Gasteiger partial charge in [0.25, 0.3) is 0 Å². The Balaban J connectivity index is 2.82. The van der Waals surface area contributed by atoms with E-state index < -0.39 is 0 Å². The van der Waals surface area contributed by atoms with Gasteiger partial charge in [0.15, 0.2) is 5.78 Å². The Labute approximate surface area is 107 Å². The summed E-state index contributed by atoms with van der Waals surface area (Å²) in [6.07, 6.45) is 0.227. The summed E-state index contributed by atoms with van der Waals surface area (Å²) in [7, 11) is 1.31. The summed E-state index contributed by atoms with van der Waals surface area (Å²) < 4.78 is 9.92. The van der Waals surface area contributed by atoms with Gasteiger partial charge in [0.05, 0.1) is 25.7 Å². The number of hydrogen-bond acceptors (Lipinski definition) is 4. The van der Waals surface area contributed by atoms with E-state index in [9.17, 15) is 9.59 Å². The zero-order valence-corrected chi connectivity index (χ0v) is 11.0. The zero-order valence-electron chi connectivity index (χ0n) is 11.0. The number of esters is 1. The van der Waals surface area contributed by atoms with Crippen LogP contribution in [0.4, 0.5) is 0 Å². The van der Waals surface area contributed by atoms with Crippen LogP contribution in [0.5, 0.6) is 5.75 Å². The molecule has 0 amide bonds. The predicted molar refractivity (Wildman–Crippen MR) is 67.9 cm³/mol. The van der Waals surface area contributed by atoms with Gasteiger partial charge >= 0.3 is 5.97 Å². The van der Waals surface area contributed by atoms with Crippen molar-refractivity contribution in [3.63, 3.8) is 0 Å². The molecular weight excluding hydrogens is 232 g/mol. The van der Waals surface area contributed by atoms with Gasteiger partial charge in [-0.05, 0) is 26.0 Å². The number of benzene rings is 1. The van der Waals surface area contributed by atoms with Crippen LogP contribution < -0.4 is 4.74 Å². The average Bonchev–Trinajstić information content (AvgIpc) is 2.37. The van der Waals surface area contributed by atoms with Crippen molar-refractivity contribution in [1.29, 1.82) is 0 Å². The SMILES string of the molecule is CCOc1ccc(C)cc1C(=O)CCC(=O)OC. The monoisotopic (exact) mass is 250 g/mol. The largest absolute Gasteiger partial charge is 0.493 e. The molecule has 18 heavy (non-hydrogen) atoms. The van der Waals surface area contributed by atoms with Gasteiger partial charge in [-0.2, -0.15) is 0 Å². The molecule has 1 aromatic rings. The third-order valence-corrected chi connectivity index (χ3v) is 2.52. The van der Waals surface area contributed by atoms with E-state index >= 15 is 0 Å². The van der Waals surface area contributed by atoms with Crippen molar-refractivity contribution in [3.05, 3.63) is 29.3 Å². The number of ketones is 1. The molecular formula is C14H18O4. The lowest BCUT2D eigenvalue weighted by atomic mass is 10.0. The van der Waals surface area contributed by atoms with Gasteiger partial charge < -0.3 is 9.47 Å². The van der Waals surface area contributed by atoms with E-state index in [0.717, 1.165) is 5.56 Å². The summed E-state index contributed by atoms with van der Waals surface area (Å²) in [4.78, 5) is 23.0. The molecule has 0 aliphatic heterocycles. The van der Waals surface area contributed by atoms with Crippen molar-refractivity contribution in [2.24, 2.45) is 0 Å². The summed E-state index contributed by atoms with van der Waals surface area (Å²) in [5.41, 5.74) is 1.51. The highest BCUT2D eigenvalue weighted by molar-refractivity contribution is 6.00. The minimum atomic E-state index is -0.381. The molecule has 0 spiro atoms. The van der Waals surface area contributed by atoms with Crippen molar-refractivity contribution in [3.8, 4) is 5.75 Å². The first-order chi connectivity index (χ1) is 8.58. The topological polar surface area (TPSA) is 52.6 Å². The lowest BCUT2D eigenvalue weighted by Crippen LogP contribution is -2.08. The van der Waals surface area contributed by atoms with Crippen LogP contribution in [-0.4, -0.2) is 25.5 Å². The van der Waals surface area contributed by atoms with Crippen LogP contribution in [0, 0.1) is 6.92 Å². The number of rotatable bonds is 6. The summed E-state index contributed by atoms with van der Waals surface area (Å²) in [6, 6.07) is 5.46. The van der Waals surface area contributed by atoms with Crippen LogP contribution in [0.25, 0.3) is 0 Å². The highest BCUT2D eigenvalue weighted by Gasteiger charge is 2.14. The molecule has 0 aliphatic carbocycles. The third kappa shape index (κ3) is 3.87. The zero-order chi connectivity index (χ0) is 13.5. The Hall–Kier alpha value is -1.84. The van der Waals surface area contributed by atoms with Crippen LogP contribution in [0.2, 0.25) is 0 Å². The molecule has 0 saturated carbocycles. The molecule has 4 heteroatoms. The first-order valence-electron chi connectivity index (χ1n) is 5.92. The van der Waals surface area contributed by atoms with Gasteiger partial charge in [-0.25, -0.2) is 0 Å². The molecule has 0 unspecified atom stereocenters. The minimum absolute atomic E-state index is 0.0921. The predicted octanol–water partition coefficient (Wildman–Crippen LogP) is 2.53. The summed E-state index contributed by atoms with van der Waals surface area (Å²) in [5.74, 6) is 0.0829. The van der Waals surface area contributed by atoms with E-state index in [2.05, 4.69) is 4.74 Å². The summed E-state index contributed by atoms with van der Waals surface area (Å²) in [5, 5.41) is 0. The Bertz CT molecular complexity index is 437. The Morgan fingerprint density at radius 3 is 2.56 bits per heavy atom. The number of carbonyl (C=O) groups is 2. The second-order valence-electron chi connectivity index (χ2n) is 3.93. The molecule has 0 fully saturated rings. The molecule has 4 nitrogen and oxygen atoms in total. The van der Waals surface area contributed by atoms with E-state index in [0.29, 0.717) is 17.9 Å².